The lowest BCUT2D eigenvalue weighted by Gasteiger charge is -2.26. The van der Waals surface area contributed by atoms with Crippen LogP contribution in [0.2, 0.25) is 0 Å². The smallest absolute Gasteiger partial charge is 0.332 e. The zero-order valence-corrected chi connectivity index (χ0v) is 14.5. The quantitative estimate of drug-likeness (QED) is 0.566. The van der Waals surface area contributed by atoms with Crippen molar-refractivity contribution in [1.29, 1.82) is 0 Å². The van der Waals surface area contributed by atoms with E-state index in [1.165, 1.54) is 29.6 Å². The van der Waals surface area contributed by atoms with Crippen molar-refractivity contribution < 1.29 is 19.1 Å². The topological polar surface area (TPSA) is 118 Å². The first-order valence-corrected chi connectivity index (χ1v) is 8.02. The summed E-state index contributed by atoms with van der Waals surface area (Å²) in [5, 5.41) is 0. The highest BCUT2D eigenvalue weighted by Crippen LogP contribution is 2.06. The minimum absolute atomic E-state index is 0.117. The van der Waals surface area contributed by atoms with Crippen molar-refractivity contribution in [3.63, 3.8) is 0 Å². The summed E-state index contributed by atoms with van der Waals surface area (Å²) in [6.07, 6.45) is 1.29. The van der Waals surface area contributed by atoms with Gasteiger partial charge in [-0.1, -0.05) is 0 Å². The monoisotopic (exact) mass is 365 g/mol. The average molecular weight is 365 g/mol. The van der Waals surface area contributed by atoms with Crippen LogP contribution in [0.1, 0.15) is 0 Å². The molecule has 0 saturated carbocycles. The second-order valence-corrected chi connectivity index (χ2v) is 5.90. The van der Waals surface area contributed by atoms with E-state index in [0.29, 0.717) is 26.3 Å². The molecule has 1 fully saturated rings. The van der Waals surface area contributed by atoms with E-state index in [-0.39, 0.29) is 30.2 Å². The van der Waals surface area contributed by atoms with E-state index in [4.69, 9.17) is 9.47 Å². The van der Waals surface area contributed by atoms with Gasteiger partial charge in [-0.3, -0.25) is 23.5 Å². The molecule has 0 spiro atoms. The van der Waals surface area contributed by atoms with Crippen LogP contribution in [-0.4, -0.2) is 68.4 Å². The summed E-state index contributed by atoms with van der Waals surface area (Å²) in [7, 11) is 2.83. The number of rotatable bonds is 4. The average Bonchev–Trinajstić information content (AvgIpc) is 3.07. The molecule has 0 bridgehead atoms. The molecule has 0 unspecified atom stereocenters. The first-order chi connectivity index (χ1) is 12.4. The number of fused-ring (bicyclic) bond motifs is 1. The van der Waals surface area contributed by atoms with Crippen molar-refractivity contribution in [3.05, 3.63) is 27.2 Å². The number of aryl methyl sites for hydroxylation is 1. The highest BCUT2D eigenvalue weighted by Gasteiger charge is 2.20. The van der Waals surface area contributed by atoms with Gasteiger partial charge >= 0.3 is 11.7 Å². The number of carbonyl (C=O) groups excluding carboxylic acids is 2. The van der Waals surface area contributed by atoms with Gasteiger partial charge in [-0.05, 0) is 0 Å². The predicted molar refractivity (Wildman–Crippen MR) is 88.6 cm³/mol. The Morgan fingerprint density at radius 2 is 1.88 bits per heavy atom. The molecule has 2 aromatic heterocycles. The Morgan fingerprint density at radius 1 is 1.19 bits per heavy atom. The van der Waals surface area contributed by atoms with Gasteiger partial charge in [-0.2, -0.15) is 0 Å². The van der Waals surface area contributed by atoms with Gasteiger partial charge in [0, 0.05) is 27.2 Å². The Balaban J connectivity index is 1.71. The largest absolute Gasteiger partial charge is 0.454 e. The molecule has 0 atom stereocenters. The molecule has 26 heavy (non-hydrogen) atoms. The number of imidazole rings is 1. The van der Waals surface area contributed by atoms with Crippen molar-refractivity contribution in [3.8, 4) is 0 Å². The van der Waals surface area contributed by atoms with Crippen LogP contribution in [0.4, 0.5) is 0 Å². The van der Waals surface area contributed by atoms with Gasteiger partial charge in [0.05, 0.1) is 19.5 Å². The molecular weight excluding hydrogens is 346 g/mol. The van der Waals surface area contributed by atoms with Crippen LogP contribution in [0, 0.1) is 0 Å². The van der Waals surface area contributed by atoms with E-state index in [0.717, 1.165) is 4.57 Å². The zero-order chi connectivity index (χ0) is 18.8. The van der Waals surface area contributed by atoms with E-state index < -0.39 is 17.2 Å². The number of aromatic nitrogens is 4. The first-order valence-electron chi connectivity index (χ1n) is 8.02. The van der Waals surface area contributed by atoms with E-state index >= 15 is 0 Å². The van der Waals surface area contributed by atoms with Crippen LogP contribution in [-0.2, 0) is 39.7 Å². The first kappa shape index (κ1) is 17.9. The Labute approximate surface area is 147 Å². The Bertz CT molecular complexity index is 965. The van der Waals surface area contributed by atoms with Crippen molar-refractivity contribution in [2.45, 2.75) is 6.54 Å². The van der Waals surface area contributed by atoms with Gasteiger partial charge < -0.3 is 18.9 Å². The maximum absolute atomic E-state index is 12.3. The molecular formula is C15H19N5O6. The van der Waals surface area contributed by atoms with E-state index in [2.05, 4.69) is 4.98 Å². The molecule has 140 valence electrons. The predicted octanol–water partition coefficient (Wildman–Crippen LogP) is -2.16. The maximum atomic E-state index is 12.3. The summed E-state index contributed by atoms with van der Waals surface area (Å²) >= 11 is 0. The van der Waals surface area contributed by atoms with Gasteiger partial charge in [0.15, 0.2) is 17.8 Å². The van der Waals surface area contributed by atoms with Crippen LogP contribution >= 0.6 is 0 Å². The van der Waals surface area contributed by atoms with Crippen LogP contribution in [0.3, 0.4) is 0 Å². The number of ether oxygens (including phenoxy) is 2. The van der Waals surface area contributed by atoms with Crippen molar-refractivity contribution in [2.75, 3.05) is 32.9 Å². The fourth-order valence-electron chi connectivity index (χ4n) is 2.75. The number of nitrogens with zero attached hydrogens (tertiary/aromatic N) is 5. The summed E-state index contributed by atoms with van der Waals surface area (Å²) < 4.78 is 13.6. The molecule has 11 nitrogen and oxygen atoms in total. The third kappa shape index (κ3) is 3.25. The highest BCUT2D eigenvalue weighted by molar-refractivity contribution is 5.81. The van der Waals surface area contributed by atoms with Gasteiger partial charge in [-0.15, -0.1) is 0 Å². The summed E-state index contributed by atoms with van der Waals surface area (Å²) in [6, 6.07) is 0. The highest BCUT2D eigenvalue weighted by atomic mass is 16.5. The summed E-state index contributed by atoms with van der Waals surface area (Å²) in [6.45, 7) is 1.19. The summed E-state index contributed by atoms with van der Waals surface area (Å²) in [4.78, 5) is 53.8. The fraction of sp³-hybridized carbons (Fsp3) is 0.533. The molecule has 0 N–H and O–H groups in total. The fourth-order valence-corrected chi connectivity index (χ4v) is 2.75. The lowest BCUT2D eigenvalue weighted by atomic mass is 10.4. The van der Waals surface area contributed by atoms with Gasteiger partial charge in [0.25, 0.3) is 11.5 Å². The Kier molecular flexibility index (Phi) is 4.89. The molecule has 1 aliphatic heterocycles. The SMILES string of the molecule is Cn1c(=O)c2c(ncn2CC(=O)OCC(=O)N2CCOCC2)n(C)c1=O. The van der Waals surface area contributed by atoms with Crippen molar-refractivity contribution in [2.24, 2.45) is 14.1 Å². The lowest BCUT2D eigenvalue weighted by Crippen LogP contribution is -2.42. The number of amides is 1. The Hall–Kier alpha value is -2.95. The van der Waals surface area contributed by atoms with E-state index in [1.807, 2.05) is 0 Å². The van der Waals surface area contributed by atoms with Crippen LogP contribution in [0.5, 0.6) is 0 Å². The molecule has 0 aromatic carbocycles. The number of esters is 1. The minimum Gasteiger partial charge on any atom is -0.454 e. The second kappa shape index (κ2) is 7.12. The lowest BCUT2D eigenvalue weighted by molar-refractivity contribution is -0.154. The van der Waals surface area contributed by atoms with Gasteiger partial charge in [-0.25, -0.2) is 9.78 Å². The molecule has 0 aliphatic carbocycles. The Morgan fingerprint density at radius 3 is 2.58 bits per heavy atom. The second-order valence-electron chi connectivity index (χ2n) is 5.90. The third-order valence-corrected chi connectivity index (χ3v) is 4.24. The standard InChI is InChI=1S/C15H19N5O6/c1-17-13-12(14(23)18(2)15(17)24)20(9-16-13)7-11(22)26-8-10(21)19-3-5-25-6-4-19/h9H,3-8H2,1-2H3. The summed E-state index contributed by atoms with van der Waals surface area (Å²) in [5.41, 5.74) is -0.773. The van der Waals surface area contributed by atoms with Crippen molar-refractivity contribution >= 4 is 23.0 Å². The normalized spacial score (nSPS) is 14.6. The van der Waals surface area contributed by atoms with Crippen LogP contribution in [0.25, 0.3) is 11.2 Å². The number of carbonyl (C=O) groups is 2. The van der Waals surface area contributed by atoms with Crippen LogP contribution < -0.4 is 11.2 Å². The molecule has 3 heterocycles. The number of hydrogen-bond donors (Lipinski definition) is 0. The maximum Gasteiger partial charge on any atom is 0.332 e. The molecule has 1 aliphatic rings. The summed E-state index contributed by atoms with van der Waals surface area (Å²) in [5.74, 6) is -0.975. The number of morpholine rings is 1. The molecule has 2 aromatic rings. The van der Waals surface area contributed by atoms with E-state index in [9.17, 15) is 19.2 Å². The van der Waals surface area contributed by atoms with Crippen LogP contribution in [0.15, 0.2) is 15.9 Å². The van der Waals surface area contributed by atoms with E-state index in [1.54, 1.807) is 4.90 Å². The van der Waals surface area contributed by atoms with Gasteiger partial charge in [0.2, 0.25) is 0 Å². The molecule has 11 heteroatoms. The molecule has 3 rings (SSSR count). The zero-order valence-electron chi connectivity index (χ0n) is 14.5. The van der Waals surface area contributed by atoms with Gasteiger partial charge in [0.1, 0.15) is 6.54 Å². The number of hydrogen-bond acceptors (Lipinski definition) is 7. The third-order valence-electron chi connectivity index (χ3n) is 4.24. The van der Waals surface area contributed by atoms with Crippen molar-refractivity contribution in [1.82, 2.24) is 23.6 Å². The molecule has 1 amide bonds. The minimum atomic E-state index is -0.679. The molecule has 0 radical (unpaired) electrons. The molecule has 1 saturated heterocycles.